The van der Waals surface area contributed by atoms with E-state index in [0.29, 0.717) is 22.4 Å². The van der Waals surface area contributed by atoms with Crippen LogP contribution in [0.25, 0.3) is 22.6 Å². The molecule has 1 fully saturated rings. The quantitative estimate of drug-likeness (QED) is 0.242. The summed E-state index contributed by atoms with van der Waals surface area (Å²) in [6.45, 7) is 11.3. The predicted octanol–water partition coefficient (Wildman–Crippen LogP) is 6.23. The molecule has 262 valence electrons. The maximum Gasteiger partial charge on any atom is 0.416 e. The molecule has 0 bridgehead atoms. The molecule has 2 N–H and O–H groups in total. The van der Waals surface area contributed by atoms with Crippen molar-refractivity contribution in [3.8, 4) is 11.5 Å². The third-order valence-corrected chi connectivity index (χ3v) is 8.30. The van der Waals surface area contributed by atoms with Gasteiger partial charge in [0.2, 0.25) is 17.4 Å². The third-order valence-electron chi connectivity index (χ3n) is 7.99. The zero-order valence-corrected chi connectivity index (χ0v) is 28.6. The van der Waals surface area contributed by atoms with Gasteiger partial charge in [-0.2, -0.15) is 13.2 Å². The number of ether oxygens (including phenoxy) is 1. The van der Waals surface area contributed by atoms with Crippen LogP contribution in [0.3, 0.4) is 0 Å². The molecule has 5 rings (SSSR count). The number of fused-ring (bicyclic) bond motifs is 1. The van der Waals surface area contributed by atoms with Gasteiger partial charge in [-0.25, -0.2) is 14.5 Å². The van der Waals surface area contributed by atoms with E-state index in [1.165, 1.54) is 4.68 Å². The van der Waals surface area contributed by atoms with Crippen LogP contribution in [0.2, 0.25) is 5.02 Å². The molecule has 0 atom stereocenters. The average Bonchev–Trinajstić information content (AvgIpc) is 3.45. The van der Waals surface area contributed by atoms with Gasteiger partial charge < -0.3 is 29.5 Å². The van der Waals surface area contributed by atoms with Crippen molar-refractivity contribution >= 4 is 40.4 Å². The van der Waals surface area contributed by atoms with Gasteiger partial charge in [0.1, 0.15) is 11.1 Å². The van der Waals surface area contributed by atoms with Crippen molar-refractivity contribution in [1.82, 2.24) is 14.6 Å². The van der Waals surface area contributed by atoms with E-state index < -0.39 is 40.5 Å². The first kappa shape index (κ1) is 35.7. The number of hydrogen-bond donors (Lipinski definition) is 2. The standard InChI is InChI=1S/C34H37ClF3N5O6/c1-19-23(18-26(44)39-25-12-11-22(17-24(25)35)34(36,37)38)27-28(48-29(40-27)20-7-9-21(10-8-20)33(5,6)47)30(45)43(19)42-15-13-41(14-16-42)31(46)49-32(2,3)4/h7-12,17,47H,13-16,18H2,1-6H3,(H,39,44). The molecule has 2 aromatic carbocycles. The number of nitrogens with zero attached hydrogens (tertiary/aromatic N) is 4. The van der Waals surface area contributed by atoms with Crippen molar-refractivity contribution in [3.63, 3.8) is 0 Å². The summed E-state index contributed by atoms with van der Waals surface area (Å²) in [5.74, 6) is -0.515. The Morgan fingerprint density at radius 2 is 1.61 bits per heavy atom. The van der Waals surface area contributed by atoms with E-state index in [0.717, 1.165) is 18.2 Å². The number of aliphatic hydroxyl groups is 1. The normalized spacial score (nSPS) is 14.3. The summed E-state index contributed by atoms with van der Waals surface area (Å²) in [6, 6.07) is 9.42. The van der Waals surface area contributed by atoms with Gasteiger partial charge in [-0.1, -0.05) is 23.7 Å². The number of carbonyl (C=O) groups excluding carboxylic acids is 2. The molecule has 1 saturated heterocycles. The Morgan fingerprint density at radius 1 is 1.00 bits per heavy atom. The zero-order valence-electron chi connectivity index (χ0n) is 27.9. The Bertz CT molecular complexity index is 1950. The van der Waals surface area contributed by atoms with Gasteiger partial charge in [-0.3, -0.25) is 9.59 Å². The summed E-state index contributed by atoms with van der Waals surface area (Å²) >= 11 is 6.09. The highest BCUT2D eigenvalue weighted by atomic mass is 35.5. The van der Waals surface area contributed by atoms with Crippen molar-refractivity contribution < 1.29 is 37.0 Å². The summed E-state index contributed by atoms with van der Waals surface area (Å²) in [5, 5.41) is 14.4. The number of pyridine rings is 1. The van der Waals surface area contributed by atoms with Crippen LogP contribution in [0, 0.1) is 6.92 Å². The van der Waals surface area contributed by atoms with Gasteiger partial charge in [-0.15, -0.1) is 0 Å². The second kappa shape index (κ2) is 13.0. The predicted molar refractivity (Wildman–Crippen MR) is 178 cm³/mol. The number of carbonyl (C=O) groups is 2. The molecule has 3 heterocycles. The molecule has 15 heteroatoms. The van der Waals surface area contributed by atoms with E-state index in [9.17, 15) is 32.7 Å². The number of rotatable bonds is 6. The zero-order chi connectivity index (χ0) is 36.1. The lowest BCUT2D eigenvalue weighted by molar-refractivity contribution is -0.137. The fourth-order valence-electron chi connectivity index (χ4n) is 5.47. The largest absolute Gasteiger partial charge is 0.444 e. The van der Waals surface area contributed by atoms with Gasteiger partial charge in [0.15, 0.2) is 0 Å². The van der Waals surface area contributed by atoms with E-state index in [1.807, 2.05) is 0 Å². The monoisotopic (exact) mass is 703 g/mol. The Labute approximate surface area is 285 Å². The van der Waals surface area contributed by atoms with Crippen LogP contribution < -0.4 is 15.9 Å². The number of anilines is 1. The van der Waals surface area contributed by atoms with Crippen molar-refractivity contribution in [2.24, 2.45) is 0 Å². The van der Waals surface area contributed by atoms with E-state index in [-0.39, 0.29) is 60.3 Å². The number of benzene rings is 2. The minimum Gasteiger partial charge on any atom is -0.444 e. The maximum absolute atomic E-state index is 14.0. The fraction of sp³-hybridized carbons (Fsp3) is 0.412. The number of piperazine rings is 1. The minimum atomic E-state index is -4.61. The van der Waals surface area contributed by atoms with E-state index >= 15 is 0 Å². The summed E-state index contributed by atoms with van der Waals surface area (Å²) in [5.41, 5.74) is -1.35. The van der Waals surface area contributed by atoms with Crippen LogP contribution in [0.5, 0.6) is 0 Å². The highest BCUT2D eigenvalue weighted by Gasteiger charge is 2.32. The Balaban J connectivity index is 1.52. The first-order valence-corrected chi connectivity index (χ1v) is 15.9. The number of halogens is 4. The van der Waals surface area contributed by atoms with E-state index in [4.69, 9.17) is 20.8 Å². The lowest BCUT2D eigenvalue weighted by atomic mass is 9.97. The molecule has 0 aliphatic carbocycles. The summed E-state index contributed by atoms with van der Waals surface area (Å²) < 4.78 is 52.4. The van der Waals surface area contributed by atoms with Gasteiger partial charge in [0, 0.05) is 29.9 Å². The van der Waals surface area contributed by atoms with Gasteiger partial charge >= 0.3 is 17.8 Å². The molecule has 0 spiro atoms. The van der Waals surface area contributed by atoms with Crippen molar-refractivity contribution in [1.29, 1.82) is 0 Å². The first-order valence-electron chi connectivity index (χ1n) is 15.5. The number of oxazole rings is 1. The van der Waals surface area contributed by atoms with Gasteiger partial charge in [0.05, 0.1) is 41.4 Å². The van der Waals surface area contributed by atoms with Crippen LogP contribution in [0.4, 0.5) is 23.7 Å². The molecule has 2 aromatic heterocycles. The molecular formula is C34H37ClF3N5O6. The number of hydrogen-bond acceptors (Lipinski definition) is 8. The lowest BCUT2D eigenvalue weighted by Crippen LogP contribution is -2.56. The molecule has 0 saturated carbocycles. The van der Waals surface area contributed by atoms with Crippen molar-refractivity contribution in [3.05, 3.63) is 80.2 Å². The third kappa shape index (κ3) is 7.86. The second-order valence-electron chi connectivity index (χ2n) is 13.4. The van der Waals surface area contributed by atoms with E-state index in [1.54, 1.807) is 75.7 Å². The smallest absolute Gasteiger partial charge is 0.416 e. The van der Waals surface area contributed by atoms with Crippen LogP contribution in [0.1, 0.15) is 57.0 Å². The lowest BCUT2D eigenvalue weighted by Gasteiger charge is -2.38. The number of nitrogens with one attached hydrogen (secondary N) is 1. The molecule has 0 unspecified atom stereocenters. The molecule has 2 amide bonds. The highest BCUT2D eigenvalue weighted by molar-refractivity contribution is 6.33. The number of aromatic nitrogens is 2. The summed E-state index contributed by atoms with van der Waals surface area (Å²) in [7, 11) is 0. The fourth-order valence-corrected chi connectivity index (χ4v) is 5.69. The minimum absolute atomic E-state index is 0.0205. The first-order chi connectivity index (χ1) is 22.7. The SMILES string of the molecule is Cc1c(CC(=O)Nc2ccc(C(F)(F)F)cc2Cl)c2nc(-c3ccc(C(C)(C)O)cc3)oc2c(=O)n1N1CCN(C(=O)OC(C)(C)C)CC1. The Morgan fingerprint density at radius 3 is 2.16 bits per heavy atom. The maximum atomic E-state index is 14.0. The van der Waals surface area contributed by atoms with Crippen LogP contribution >= 0.6 is 11.6 Å². The van der Waals surface area contributed by atoms with Crippen LogP contribution in [0.15, 0.2) is 51.7 Å². The van der Waals surface area contributed by atoms with Gasteiger partial charge in [-0.05, 0) is 77.4 Å². The summed E-state index contributed by atoms with van der Waals surface area (Å²) in [4.78, 5) is 46.2. The Hall–Kier alpha value is -4.56. The number of alkyl halides is 3. The average molecular weight is 704 g/mol. The highest BCUT2D eigenvalue weighted by Crippen LogP contribution is 2.34. The molecule has 11 nitrogen and oxygen atoms in total. The molecule has 49 heavy (non-hydrogen) atoms. The molecule has 0 radical (unpaired) electrons. The van der Waals surface area contributed by atoms with E-state index in [2.05, 4.69) is 10.3 Å². The Kier molecular flexibility index (Phi) is 9.52. The van der Waals surface area contributed by atoms with Gasteiger partial charge in [0.25, 0.3) is 0 Å². The molecular weight excluding hydrogens is 667 g/mol. The number of amides is 2. The van der Waals surface area contributed by atoms with Crippen molar-refractivity contribution in [2.75, 3.05) is 36.5 Å². The van der Waals surface area contributed by atoms with Crippen LogP contribution in [-0.2, 0) is 27.7 Å². The van der Waals surface area contributed by atoms with Crippen LogP contribution in [-0.4, -0.2) is 63.4 Å². The second-order valence-corrected chi connectivity index (χ2v) is 13.8. The molecule has 1 aliphatic rings. The summed E-state index contributed by atoms with van der Waals surface area (Å²) in [6.07, 6.45) is -5.41. The molecule has 4 aromatic rings. The van der Waals surface area contributed by atoms with Crippen molar-refractivity contribution in [2.45, 2.75) is 65.3 Å². The topological polar surface area (TPSA) is 130 Å². The molecule has 1 aliphatic heterocycles.